The first-order valence-corrected chi connectivity index (χ1v) is 7.68. The van der Waals surface area contributed by atoms with Crippen LogP contribution in [0, 0.1) is 5.92 Å². The van der Waals surface area contributed by atoms with E-state index in [0.717, 1.165) is 22.7 Å². The van der Waals surface area contributed by atoms with Gasteiger partial charge in [0.05, 0.1) is 11.3 Å². The maximum Gasteiger partial charge on any atom is 0.182 e. The maximum atomic E-state index is 12.5. The first-order valence-electron chi connectivity index (χ1n) is 6.16. The van der Waals surface area contributed by atoms with Crippen molar-refractivity contribution in [2.24, 2.45) is 5.92 Å². The van der Waals surface area contributed by atoms with E-state index in [-0.39, 0.29) is 11.7 Å². The molecule has 3 rings (SSSR count). The van der Waals surface area contributed by atoms with E-state index in [1.165, 1.54) is 5.29 Å². The summed E-state index contributed by atoms with van der Waals surface area (Å²) in [5.41, 5.74) is 7.70. The van der Waals surface area contributed by atoms with E-state index < -0.39 is 7.55 Å². The molecule has 1 heterocycles. The van der Waals surface area contributed by atoms with Crippen molar-refractivity contribution in [1.29, 1.82) is 0 Å². The van der Waals surface area contributed by atoms with Crippen LogP contribution in [0.1, 0.15) is 17.3 Å². The van der Waals surface area contributed by atoms with Crippen LogP contribution in [0.3, 0.4) is 0 Å². The molecule has 2 atom stereocenters. The molecule has 2 aliphatic rings. The van der Waals surface area contributed by atoms with Crippen molar-refractivity contribution in [3.8, 4) is 0 Å². The van der Waals surface area contributed by atoms with Crippen molar-refractivity contribution < 1.29 is 4.79 Å². The van der Waals surface area contributed by atoms with Crippen LogP contribution >= 0.6 is 7.55 Å². The Balaban J connectivity index is 2.35. The molecule has 90 valence electrons. The summed E-state index contributed by atoms with van der Waals surface area (Å²) in [6.07, 6.45) is 9.14. The number of rotatable bonds is 1. The molecule has 0 amide bonds. The second-order valence-corrected chi connectivity index (χ2v) is 6.95. The van der Waals surface area contributed by atoms with Gasteiger partial charge in [-0.3, -0.25) is 4.79 Å². The molecule has 2 unspecified atom stereocenters. The number of ketones is 1. The smallest absolute Gasteiger partial charge is 0.182 e. The maximum absolute atomic E-state index is 12.5. The number of allylic oxidation sites excluding steroid dienone is 4. The molecule has 1 aliphatic heterocycles. The monoisotopic (exact) mass is 256 g/mol. The molecular formula is C15H15NOP+. The van der Waals surface area contributed by atoms with Gasteiger partial charge in [0.25, 0.3) is 0 Å². The number of Topliss-reactive ketones (excluding diaryl/α,β-unsaturated/α-hetero) is 1. The number of anilines is 1. The molecule has 0 fully saturated rings. The lowest BCUT2D eigenvalue weighted by atomic mass is 9.91. The molecule has 0 spiro atoms. The lowest BCUT2D eigenvalue weighted by Gasteiger charge is -2.20. The summed E-state index contributed by atoms with van der Waals surface area (Å²) in [5.74, 6) is 0.135. The Bertz CT molecular complexity index is 625. The van der Waals surface area contributed by atoms with Gasteiger partial charge < -0.3 is 5.73 Å². The van der Waals surface area contributed by atoms with Crippen LogP contribution < -0.4 is 11.0 Å². The molecule has 0 bridgehead atoms. The van der Waals surface area contributed by atoms with Crippen molar-refractivity contribution in [2.45, 2.75) is 6.92 Å². The molecule has 0 saturated carbocycles. The third kappa shape index (κ3) is 1.49. The molecule has 0 saturated heterocycles. The van der Waals surface area contributed by atoms with Gasteiger partial charge in [-0.2, -0.15) is 0 Å². The quantitative estimate of drug-likeness (QED) is 0.619. The lowest BCUT2D eigenvalue weighted by molar-refractivity contribution is 0.0974. The second-order valence-electron chi connectivity index (χ2n) is 4.50. The van der Waals surface area contributed by atoms with Gasteiger partial charge in [0.2, 0.25) is 0 Å². The molecule has 2 N–H and O–H groups in total. The highest BCUT2D eigenvalue weighted by molar-refractivity contribution is 7.67. The van der Waals surface area contributed by atoms with E-state index in [1.54, 1.807) is 0 Å². The SMILES string of the molecule is CC[P+]1=C2C=CC=CC2C(=O)c2cccc(N)c21. The van der Waals surface area contributed by atoms with Crippen LogP contribution in [0.25, 0.3) is 0 Å². The van der Waals surface area contributed by atoms with Gasteiger partial charge in [0, 0.05) is 0 Å². The Kier molecular flexibility index (Phi) is 2.68. The first-order chi connectivity index (χ1) is 8.74. The Labute approximate surface area is 108 Å². The average molecular weight is 256 g/mol. The summed E-state index contributed by atoms with van der Waals surface area (Å²) >= 11 is 0. The van der Waals surface area contributed by atoms with E-state index in [9.17, 15) is 4.79 Å². The van der Waals surface area contributed by atoms with E-state index in [2.05, 4.69) is 13.0 Å². The summed E-state index contributed by atoms with van der Waals surface area (Å²) in [4.78, 5) is 12.5. The number of nitrogens with two attached hydrogens (primary N) is 1. The van der Waals surface area contributed by atoms with Crippen molar-refractivity contribution in [3.05, 3.63) is 48.1 Å². The molecule has 2 nitrogen and oxygen atoms in total. The van der Waals surface area contributed by atoms with E-state index >= 15 is 0 Å². The highest BCUT2D eigenvalue weighted by Gasteiger charge is 2.40. The van der Waals surface area contributed by atoms with Crippen LogP contribution in [0.15, 0.2) is 42.5 Å². The minimum atomic E-state index is -0.457. The number of hydrogen-bond acceptors (Lipinski definition) is 2. The number of hydrogen-bond donors (Lipinski definition) is 1. The van der Waals surface area contributed by atoms with Crippen molar-refractivity contribution >= 4 is 29.6 Å². The summed E-state index contributed by atoms with van der Waals surface area (Å²) in [7, 11) is -0.457. The minimum Gasteiger partial charge on any atom is -0.395 e. The zero-order valence-electron chi connectivity index (χ0n) is 10.3. The first kappa shape index (κ1) is 11.4. The highest BCUT2D eigenvalue weighted by Crippen LogP contribution is 2.38. The van der Waals surface area contributed by atoms with E-state index in [4.69, 9.17) is 5.73 Å². The molecule has 1 aromatic rings. The highest BCUT2D eigenvalue weighted by atomic mass is 31.1. The number of fused-ring (bicyclic) bond motifs is 2. The number of nitrogen functional groups attached to an aromatic ring is 1. The van der Waals surface area contributed by atoms with Crippen molar-refractivity contribution in [1.82, 2.24) is 0 Å². The van der Waals surface area contributed by atoms with Crippen LogP contribution in [-0.2, 0) is 0 Å². The molecule has 18 heavy (non-hydrogen) atoms. The van der Waals surface area contributed by atoms with E-state index in [1.807, 2.05) is 36.4 Å². The van der Waals surface area contributed by atoms with Crippen LogP contribution in [0.5, 0.6) is 0 Å². The lowest BCUT2D eigenvalue weighted by Crippen LogP contribution is -2.33. The van der Waals surface area contributed by atoms with Crippen molar-refractivity contribution in [3.63, 3.8) is 0 Å². The van der Waals surface area contributed by atoms with Crippen molar-refractivity contribution in [2.75, 3.05) is 11.9 Å². The third-order valence-electron chi connectivity index (χ3n) is 3.51. The number of carbonyl (C=O) groups excluding carboxylic acids is 1. The predicted octanol–water partition coefficient (Wildman–Crippen LogP) is 2.51. The zero-order valence-corrected chi connectivity index (χ0v) is 11.2. The second kappa shape index (κ2) is 4.22. The van der Waals surface area contributed by atoms with Gasteiger partial charge in [0.15, 0.2) is 11.1 Å². The normalized spacial score (nSPS) is 22.9. The van der Waals surface area contributed by atoms with Gasteiger partial charge in [-0.15, -0.1) is 0 Å². The average Bonchev–Trinajstić information content (AvgIpc) is 2.41. The Morgan fingerprint density at radius 2 is 2.17 bits per heavy atom. The number of benzene rings is 1. The van der Waals surface area contributed by atoms with E-state index in [0.29, 0.717) is 0 Å². The van der Waals surface area contributed by atoms with Crippen LogP contribution in [-0.4, -0.2) is 17.2 Å². The fourth-order valence-corrected chi connectivity index (χ4v) is 5.32. The van der Waals surface area contributed by atoms with Gasteiger partial charge in [-0.05, 0) is 25.1 Å². The summed E-state index contributed by atoms with van der Waals surface area (Å²) < 4.78 is 0. The third-order valence-corrected chi connectivity index (χ3v) is 6.24. The molecule has 0 radical (unpaired) electrons. The van der Waals surface area contributed by atoms with Crippen LogP contribution in [0.4, 0.5) is 5.69 Å². The Morgan fingerprint density at radius 1 is 1.33 bits per heavy atom. The molecule has 3 heteroatoms. The molecule has 1 aliphatic carbocycles. The summed E-state index contributed by atoms with van der Waals surface area (Å²) in [6.45, 7) is 2.17. The number of carbonyl (C=O) groups is 1. The fraction of sp³-hybridized carbons (Fsp3) is 0.200. The summed E-state index contributed by atoms with van der Waals surface area (Å²) in [6, 6.07) is 5.70. The van der Waals surface area contributed by atoms with Gasteiger partial charge >= 0.3 is 0 Å². The molecule has 1 aromatic carbocycles. The Hall–Kier alpha value is -1.66. The van der Waals surface area contributed by atoms with Gasteiger partial charge in [-0.25, -0.2) is 0 Å². The zero-order chi connectivity index (χ0) is 12.7. The van der Waals surface area contributed by atoms with Gasteiger partial charge in [0.1, 0.15) is 24.9 Å². The molecule has 0 aromatic heterocycles. The van der Waals surface area contributed by atoms with Gasteiger partial charge in [-0.1, -0.05) is 24.3 Å². The fourth-order valence-electron chi connectivity index (χ4n) is 2.71. The Morgan fingerprint density at radius 3 is 2.94 bits per heavy atom. The van der Waals surface area contributed by atoms with Crippen LogP contribution in [0.2, 0.25) is 0 Å². The predicted molar refractivity (Wildman–Crippen MR) is 79.1 cm³/mol. The minimum absolute atomic E-state index is 0.0599. The summed E-state index contributed by atoms with van der Waals surface area (Å²) in [5, 5.41) is 2.34. The largest absolute Gasteiger partial charge is 0.395 e. The topological polar surface area (TPSA) is 43.1 Å². The molecular weight excluding hydrogens is 241 g/mol. The standard InChI is InChI=1S/C15H15NOP/c1-2-18-13-9-4-3-6-10(13)14(17)11-7-5-8-12(16)15(11)18/h3-10H,2,16H2,1H3/q+1.